The molecule has 0 radical (unpaired) electrons. The minimum atomic E-state index is -1.70. The number of aromatic nitrogens is 1. The lowest BCUT2D eigenvalue weighted by atomic mass is 9.97. The van der Waals surface area contributed by atoms with E-state index in [1.807, 2.05) is 56.3 Å². The van der Waals surface area contributed by atoms with Crippen molar-refractivity contribution in [1.29, 1.82) is 0 Å². The number of pyridine rings is 1. The van der Waals surface area contributed by atoms with Gasteiger partial charge in [0, 0.05) is 36.7 Å². The van der Waals surface area contributed by atoms with Crippen LogP contribution in [0.4, 0.5) is 4.79 Å². The first-order chi connectivity index (χ1) is 19.8. The number of ether oxygens (including phenoxy) is 3. The highest BCUT2D eigenvalue weighted by Gasteiger charge is 2.55. The van der Waals surface area contributed by atoms with Gasteiger partial charge in [-0.05, 0) is 54.4 Å². The Kier molecular flexibility index (Phi) is 10.1. The zero-order valence-electron chi connectivity index (χ0n) is 23.0. The highest BCUT2D eigenvalue weighted by molar-refractivity contribution is 8.16. The molecule has 41 heavy (non-hydrogen) atoms. The Morgan fingerprint density at radius 2 is 1.76 bits per heavy atom. The molecule has 1 saturated heterocycles. The highest BCUT2D eigenvalue weighted by atomic mass is 32.2. The van der Waals surface area contributed by atoms with Crippen molar-refractivity contribution in [2.75, 3.05) is 6.61 Å². The quantitative estimate of drug-likeness (QED) is 0.218. The van der Waals surface area contributed by atoms with Crippen LogP contribution in [0, 0.1) is 0 Å². The number of rotatable bonds is 13. The normalized spacial score (nSPS) is 17.0. The van der Waals surface area contributed by atoms with Gasteiger partial charge in [0.25, 0.3) is 11.1 Å². The lowest BCUT2D eigenvalue weighted by molar-refractivity contribution is -0.151. The molecule has 1 unspecified atom stereocenters. The summed E-state index contributed by atoms with van der Waals surface area (Å²) in [6.45, 7) is 4.13. The maximum atomic E-state index is 13.1. The van der Waals surface area contributed by atoms with E-state index in [1.165, 1.54) is 0 Å². The number of carbonyl (C=O) groups is 4. The van der Waals surface area contributed by atoms with E-state index < -0.39 is 21.9 Å². The van der Waals surface area contributed by atoms with E-state index in [2.05, 4.69) is 10.3 Å². The number of benzene rings is 2. The zero-order valence-corrected chi connectivity index (χ0v) is 23.8. The van der Waals surface area contributed by atoms with Crippen LogP contribution in [-0.2, 0) is 43.3 Å². The van der Waals surface area contributed by atoms with Gasteiger partial charge in [-0.1, -0.05) is 55.5 Å². The molecule has 4 rings (SSSR count). The van der Waals surface area contributed by atoms with Crippen molar-refractivity contribution < 1.29 is 33.4 Å². The van der Waals surface area contributed by atoms with Crippen molar-refractivity contribution >= 4 is 34.8 Å². The zero-order chi connectivity index (χ0) is 29.2. The highest BCUT2D eigenvalue weighted by Crippen LogP contribution is 2.37. The SMILES string of the molecule is CCCC(=O)OC(C)c1ccc(CCOc2ccc(C[C@@]3(C(=O)OCc4ccccc4)SC(=O)NC3=O)cc2)nc1. The van der Waals surface area contributed by atoms with Crippen molar-refractivity contribution in [1.82, 2.24) is 10.3 Å². The van der Waals surface area contributed by atoms with Gasteiger partial charge in [-0.3, -0.25) is 24.7 Å². The van der Waals surface area contributed by atoms with E-state index in [1.54, 1.807) is 30.5 Å². The molecule has 1 fully saturated rings. The third-order valence-electron chi connectivity index (χ3n) is 6.47. The Morgan fingerprint density at radius 1 is 1.00 bits per heavy atom. The summed E-state index contributed by atoms with van der Waals surface area (Å²) in [6, 6.07) is 19.9. The molecule has 2 heterocycles. The molecule has 1 aliphatic heterocycles. The molecule has 2 amide bonds. The average Bonchev–Trinajstić information content (AvgIpc) is 3.26. The molecule has 2 atom stereocenters. The van der Waals surface area contributed by atoms with Gasteiger partial charge < -0.3 is 14.2 Å². The number of esters is 2. The van der Waals surface area contributed by atoms with E-state index >= 15 is 0 Å². The van der Waals surface area contributed by atoms with E-state index in [0.29, 0.717) is 42.5 Å². The van der Waals surface area contributed by atoms with Crippen LogP contribution in [0.5, 0.6) is 5.75 Å². The predicted molar refractivity (Wildman–Crippen MR) is 153 cm³/mol. The molecule has 9 nitrogen and oxygen atoms in total. The maximum absolute atomic E-state index is 13.1. The van der Waals surface area contributed by atoms with E-state index in [-0.39, 0.29) is 25.1 Å². The van der Waals surface area contributed by atoms with Crippen LogP contribution < -0.4 is 10.1 Å². The minimum absolute atomic E-state index is 0.000742. The fraction of sp³-hybridized carbons (Fsp3) is 0.323. The van der Waals surface area contributed by atoms with Crippen LogP contribution in [-0.4, -0.2) is 39.4 Å². The molecule has 10 heteroatoms. The van der Waals surface area contributed by atoms with Crippen molar-refractivity contribution in [3.63, 3.8) is 0 Å². The number of hydrogen-bond donors (Lipinski definition) is 1. The van der Waals surface area contributed by atoms with Gasteiger partial charge in [-0.2, -0.15) is 0 Å². The van der Waals surface area contributed by atoms with Crippen molar-refractivity contribution in [2.45, 2.75) is 57.0 Å². The fourth-order valence-corrected chi connectivity index (χ4v) is 5.19. The summed E-state index contributed by atoms with van der Waals surface area (Å²) in [6.07, 6.45) is 3.04. The Labute approximate surface area is 243 Å². The first-order valence-electron chi connectivity index (χ1n) is 13.4. The smallest absolute Gasteiger partial charge is 0.333 e. The van der Waals surface area contributed by atoms with Gasteiger partial charge in [0.2, 0.25) is 4.75 Å². The monoisotopic (exact) mass is 576 g/mol. The Hall–Kier alpha value is -4.18. The van der Waals surface area contributed by atoms with Crippen LogP contribution in [0.15, 0.2) is 72.9 Å². The summed E-state index contributed by atoms with van der Waals surface area (Å²) in [5.41, 5.74) is 3.12. The molecular weight excluding hydrogens is 544 g/mol. The molecule has 3 aromatic rings. The Balaban J connectivity index is 1.30. The molecular formula is C31H32N2O7S. The van der Waals surface area contributed by atoms with Gasteiger partial charge >= 0.3 is 11.9 Å². The summed E-state index contributed by atoms with van der Waals surface area (Å²) in [5, 5.41) is 1.63. The molecule has 0 bridgehead atoms. The van der Waals surface area contributed by atoms with Crippen molar-refractivity contribution in [3.05, 3.63) is 95.3 Å². The third kappa shape index (κ3) is 7.94. The summed E-state index contributed by atoms with van der Waals surface area (Å²) in [4.78, 5) is 54.0. The Morgan fingerprint density at radius 3 is 2.39 bits per heavy atom. The van der Waals surface area contributed by atoms with Crippen LogP contribution in [0.3, 0.4) is 0 Å². The van der Waals surface area contributed by atoms with Crippen LogP contribution in [0.25, 0.3) is 0 Å². The maximum Gasteiger partial charge on any atom is 0.333 e. The van der Waals surface area contributed by atoms with Crippen molar-refractivity contribution in [2.24, 2.45) is 0 Å². The topological polar surface area (TPSA) is 121 Å². The minimum Gasteiger partial charge on any atom is -0.493 e. The second kappa shape index (κ2) is 13.9. The number of imide groups is 1. The largest absolute Gasteiger partial charge is 0.493 e. The number of hydrogen-bond acceptors (Lipinski definition) is 9. The molecule has 2 aromatic carbocycles. The summed E-state index contributed by atoms with van der Waals surface area (Å²) in [5.74, 6) is -1.05. The van der Waals surface area contributed by atoms with Crippen LogP contribution >= 0.6 is 11.8 Å². The summed E-state index contributed by atoms with van der Waals surface area (Å²) in [7, 11) is 0. The lowest BCUT2D eigenvalue weighted by Crippen LogP contribution is -2.46. The molecule has 0 saturated carbocycles. The summed E-state index contributed by atoms with van der Waals surface area (Å²) < 4.78 is 15.0. The van der Waals surface area contributed by atoms with E-state index in [9.17, 15) is 19.2 Å². The van der Waals surface area contributed by atoms with Crippen LogP contribution in [0.2, 0.25) is 0 Å². The van der Waals surface area contributed by atoms with Gasteiger partial charge in [0.1, 0.15) is 18.5 Å². The van der Waals surface area contributed by atoms with Gasteiger partial charge in [-0.25, -0.2) is 4.79 Å². The van der Waals surface area contributed by atoms with E-state index in [0.717, 1.165) is 23.2 Å². The predicted octanol–water partition coefficient (Wildman–Crippen LogP) is 5.12. The van der Waals surface area contributed by atoms with Gasteiger partial charge in [0.15, 0.2) is 0 Å². The second-order valence-electron chi connectivity index (χ2n) is 9.62. The van der Waals surface area contributed by atoms with E-state index in [4.69, 9.17) is 14.2 Å². The second-order valence-corrected chi connectivity index (χ2v) is 10.9. The number of thioether (sulfide) groups is 1. The fourth-order valence-electron chi connectivity index (χ4n) is 4.20. The molecule has 1 aromatic heterocycles. The molecule has 0 aliphatic carbocycles. The average molecular weight is 577 g/mol. The molecule has 1 aliphatic rings. The first kappa shape index (κ1) is 29.8. The number of carbonyl (C=O) groups excluding carboxylic acids is 4. The molecule has 214 valence electrons. The number of amides is 2. The van der Waals surface area contributed by atoms with Gasteiger partial charge in [-0.15, -0.1) is 0 Å². The standard InChI is InChI=1S/C31H32N2O7S/c1-3-7-27(34)40-21(2)24-12-13-25(32-19-24)16-17-38-26-14-10-22(11-15-26)18-31(28(35)33-30(37)41-31)29(36)39-20-23-8-5-4-6-9-23/h4-6,8-15,19,21H,3,7,16-18,20H2,1-2H3,(H,33,35,37)/t21?,31-/m1/s1. The molecule has 0 spiro atoms. The molecule has 1 N–H and O–H groups in total. The van der Waals surface area contributed by atoms with Crippen LogP contribution in [0.1, 0.15) is 55.2 Å². The third-order valence-corrected chi connectivity index (χ3v) is 7.61. The number of nitrogens with one attached hydrogen (secondary N) is 1. The lowest BCUT2D eigenvalue weighted by Gasteiger charge is -2.22. The number of nitrogens with zero attached hydrogens (tertiary/aromatic N) is 1. The Bertz CT molecular complexity index is 1360. The van der Waals surface area contributed by atoms with Gasteiger partial charge in [0.05, 0.1) is 6.61 Å². The summed E-state index contributed by atoms with van der Waals surface area (Å²) >= 11 is 0.646. The van der Waals surface area contributed by atoms with Crippen molar-refractivity contribution in [3.8, 4) is 5.75 Å². The first-order valence-corrected chi connectivity index (χ1v) is 14.2.